The predicted octanol–water partition coefficient (Wildman–Crippen LogP) is 3.67. The summed E-state index contributed by atoms with van der Waals surface area (Å²) >= 11 is 0. The Bertz CT molecular complexity index is 336. The zero-order valence-electron chi connectivity index (χ0n) is 12.1. The van der Waals surface area contributed by atoms with E-state index in [0.29, 0.717) is 5.92 Å². The fraction of sp³-hybridized carbons (Fsp3) is 0.625. The van der Waals surface area contributed by atoms with Crippen molar-refractivity contribution in [2.75, 3.05) is 18.9 Å². The highest BCUT2D eigenvalue weighted by Crippen LogP contribution is 2.21. The van der Waals surface area contributed by atoms with Crippen LogP contribution < -0.4 is 11.1 Å². The van der Waals surface area contributed by atoms with Crippen LogP contribution in [0.1, 0.15) is 38.7 Å². The molecule has 0 amide bonds. The smallest absolute Gasteiger partial charge is 0.0340 e. The summed E-state index contributed by atoms with van der Waals surface area (Å²) in [7, 11) is 1.97. The van der Waals surface area contributed by atoms with Crippen molar-refractivity contribution in [3.63, 3.8) is 0 Å². The molecule has 0 saturated carbocycles. The molecule has 0 fully saturated rings. The van der Waals surface area contributed by atoms with Crippen LogP contribution in [0.25, 0.3) is 0 Å². The van der Waals surface area contributed by atoms with Gasteiger partial charge in [0.25, 0.3) is 0 Å². The van der Waals surface area contributed by atoms with Gasteiger partial charge < -0.3 is 11.1 Å². The van der Waals surface area contributed by atoms with Crippen LogP contribution in [-0.4, -0.2) is 13.6 Å². The molecule has 2 unspecified atom stereocenters. The Hall–Kier alpha value is -1.02. The first-order valence-electron chi connectivity index (χ1n) is 7.16. The Balaban J connectivity index is 2.46. The lowest BCUT2D eigenvalue weighted by Crippen LogP contribution is -2.15. The minimum atomic E-state index is 0.651. The zero-order chi connectivity index (χ0) is 13.4. The third kappa shape index (κ3) is 5.09. The number of nitrogens with two attached hydrogens (primary N) is 1. The summed E-state index contributed by atoms with van der Waals surface area (Å²) in [6.07, 6.45) is 4.97. The highest BCUT2D eigenvalue weighted by molar-refractivity contribution is 5.44. The van der Waals surface area contributed by atoms with Gasteiger partial charge >= 0.3 is 0 Å². The van der Waals surface area contributed by atoms with Gasteiger partial charge in [0.1, 0.15) is 0 Å². The summed E-state index contributed by atoms with van der Waals surface area (Å²) < 4.78 is 0. The van der Waals surface area contributed by atoms with Gasteiger partial charge in [-0.25, -0.2) is 0 Å². The Morgan fingerprint density at radius 3 is 2.72 bits per heavy atom. The normalized spacial score (nSPS) is 14.2. The second-order valence-electron chi connectivity index (χ2n) is 5.34. The predicted molar refractivity (Wildman–Crippen MR) is 80.9 cm³/mol. The maximum atomic E-state index is 5.71. The van der Waals surface area contributed by atoms with Crippen molar-refractivity contribution in [2.45, 2.75) is 39.5 Å². The summed E-state index contributed by atoms with van der Waals surface area (Å²) in [5.41, 5.74) is 8.35. The topological polar surface area (TPSA) is 38.0 Å². The first-order valence-corrected chi connectivity index (χ1v) is 7.16. The van der Waals surface area contributed by atoms with E-state index in [2.05, 4.69) is 43.4 Å². The summed E-state index contributed by atoms with van der Waals surface area (Å²) in [6, 6.07) is 8.71. The SMILES string of the molecule is CCC(CCc1cccc(NC)c1)CC(C)CN. The molecule has 0 aromatic heterocycles. The van der Waals surface area contributed by atoms with Crippen LogP contribution in [0.15, 0.2) is 24.3 Å². The molecule has 2 nitrogen and oxygen atoms in total. The zero-order valence-corrected chi connectivity index (χ0v) is 12.1. The minimum Gasteiger partial charge on any atom is -0.388 e. The van der Waals surface area contributed by atoms with Gasteiger partial charge in [-0.1, -0.05) is 32.4 Å². The number of anilines is 1. The molecular weight excluding hydrogens is 220 g/mol. The first-order chi connectivity index (χ1) is 8.69. The summed E-state index contributed by atoms with van der Waals surface area (Å²) in [6.45, 7) is 5.36. The van der Waals surface area contributed by atoms with Crippen LogP contribution in [0.5, 0.6) is 0 Å². The quantitative estimate of drug-likeness (QED) is 0.736. The lowest BCUT2D eigenvalue weighted by molar-refractivity contribution is 0.365. The first kappa shape index (κ1) is 15.0. The van der Waals surface area contributed by atoms with Crippen LogP contribution in [0.2, 0.25) is 0 Å². The van der Waals surface area contributed by atoms with Crippen LogP contribution in [0, 0.1) is 11.8 Å². The van der Waals surface area contributed by atoms with E-state index in [4.69, 9.17) is 5.73 Å². The second kappa shape index (κ2) is 8.15. The van der Waals surface area contributed by atoms with Crippen molar-refractivity contribution in [2.24, 2.45) is 17.6 Å². The van der Waals surface area contributed by atoms with Crippen molar-refractivity contribution in [1.82, 2.24) is 0 Å². The molecule has 0 radical (unpaired) electrons. The van der Waals surface area contributed by atoms with Gasteiger partial charge in [-0.3, -0.25) is 0 Å². The average Bonchev–Trinajstić information content (AvgIpc) is 2.43. The van der Waals surface area contributed by atoms with Gasteiger partial charge in [-0.05, 0) is 55.3 Å². The van der Waals surface area contributed by atoms with Gasteiger partial charge in [-0.2, -0.15) is 0 Å². The van der Waals surface area contributed by atoms with E-state index in [0.717, 1.165) is 12.5 Å². The van der Waals surface area contributed by atoms with E-state index in [-0.39, 0.29) is 0 Å². The number of aryl methyl sites for hydroxylation is 1. The second-order valence-corrected chi connectivity index (χ2v) is 5.34. The van der Waals surface area contributed by atoms with E-state index in [9.17, 15) is 0 Å². The number of hydrogen-bond donors (Lipinski definition) is 2. The lowest BCUT2D eigenvalue weighted by atomic mass is 9.88. The molecule has 1 aromatic rings. The van der Waals surface area contributed by atoms with E-state index in [1.165, 1.54) is 36.9 Å². The van der Waals surface area contributed by atoms with Gasteiger partial charge in [0.05, 0.1) is 0 Å². The molecule has 18 heavy (non-hydrogen) atoms. The molecule has 0 aliphatic rings. The molecule has 3 N–H and O–H groups in total. The Kier molecular flexibility index (Phi) is 6.81. The molecule has 1 rings (SSSR count). The number of benzene rings is 1. The Morgan fingerprint density at radius 1 is 1.33 bits per heavy atom. The third-order valence-electron chi connectivity index (χ3n) is 3.77. The fourth-order valence-corrected chi connectivity index (χ4v) is 2.41. The van der Waals surface area contributed by atoms with Crippen molar-refractivity contribution in [1.29, 1.82) is 0 Å². The minimum absolute atomic E-state index is 0.651. The molecule has 0 heterocycles. The monoisotopic (exact) mass is 248 g/mol. The van der Waals surface area contributed by atoms with E-state index < -0.39 is 0 Å². The molecule has 0 saturated heterocycles. The lowest BCUT2D eigenvalue weighted by Gasteiger charge is -2.18. The van der Waals surface area contributed by atoms with Crippen molar-refractivity contribution in [3.05, 3.63) is 29.8 Å². The molecule has 2 heteroatoms. The molecule has 0 spiro atoms. The van der Waals surface area contributed by atoms with E-state index in [1.54, 1.807) is 0 Å². The summed E-state index contributed by atoms with van der Waals surface area (Å²) in [5, 5.41) is 3.19. The van der Waals surface area contributed by atoms with Crippen molar-refractivity contribution >= 4 is 5.69 Å². The average molecular weight is 248 g/mol. The Morgan fingerprint density at radius 2 is 2.11 bits per heavy atom. The van der Waals surface area contributed by atoms with Crippen molar-refractivity contribution in [3.8, 4) is 0 Å². The largest absolute Gasteiger partial charge is 0.388 e. The highest BCUT2D eigenvalue weighted by atomic mass is 14.8. The molecule has 0 bridgehead atoms. The van der Waals surface area contributed by atoms with E-state index >= 15 is 0 Å². The van der Waals surface area contributed by atoms with Gasteiger partial charge in [0.15, 0.2) is 0 Å². The maximum Gasteiger partial charge on any atom is 0.0340 e. The van der Waals surface area contributed by atoms with Gasteiger partial charge in [-0.15, -0.1) is 0 Å². The standard InChI is InChI=1S/C16H28N2/c1-4-14(10-13(2)12-17)8-9-15-6-5-7-16(11-15)18-3/h5-7,11,13-14,18H,4,8-10,12,17H2,1-3H3. The molecule has 1 aromatic carbocycles. The van der Waals surface area contributed by atoms with Gasteiger partial charge in [0.2, 0.25) is 0 Å². The van der Waals surface area contributed by atoms with Crippen LogP contribution in [-0.2, 0) is 6.42 Å². The molecule has 102 valence electrons. The third-order valence-corrected chi connectivity index (χ3v) is 3.77. The van der Waals surface area contributed by atoms with Crippen LogP contribution in [0.3, 0.4) is 0 Å². The fourth-order valence-electron chi connectivity index (χ4n) is 2.41. The molecule has 0 aliphatic carbocycles. The number of nitrogens with one attached hydrogen (secondary N) is 1. The van der Waals surface area contributed by atoms with Crippen LogP contribution in [0.4, 0.5) is 5.69 Å². The van der Waals surface area contributed by atoms with Crippen molar-refractivity contribution < 1.29 is 0 Å². The van der Waals surface area contributed by atoms with Crippen LogP contribution >= 0.6 is 0 Å². The van der Waals surface area contributed by atoms with Gasteiger partial charge in [0, 0.05) is 12.7 Å². The molecule has 2 atom stereocenters. The number of hydrogen-bond acceptors (Lipinski definition) is 2. The maximum absolute atomic E-state index is 5.71. The summed E-state index contributed by atoms with van der Waals surface area (Å²) in [4.78, 5) is 0. The highest BCUT2D eigenvalue weighted by Gasteiger charge is 2.10. The van der Waals surface area contributed by atoms with E-state index in [1.807, 2.05) is 7.05 Å². The molecular formula is C16H28N2. The Labute approximate surface area is 112 Å². The number of rotatable bonds is 8. The summed E-state index contributed by atoms with van der Waals surface area (Å²) in [5.74, 6) is 1.46. The molecule has 0 aliphatic heterocycles.